The molecule has 3 fully saturated rings. The molecule has 3 rings (SSSR count). The highest BCUT2D eigenvalue weighted by molar-refractivity contribution is 8.21. The molecule has 3 aliphatic rings. The maximum absolute atomic E-state index is 13.8. The summed E-state index contributed by atoms with van der Waals surface area (Å²) in [6.07, 6.45) is -5.73. The molecule has 4 atom stereocenters. The van der Waals surface area contributed by atoms with Gasteiger partial charge < -0.3 is 26.6 Å². The predicted molar refractivity (Wildman–Crippen MR) is 137 cm³/mol. The fraction of sp³-hybridized carbons (Fsp3) is 0.783. The van der Waals surface area contributed by atoms with Crippen LogP contribution in [0.25, 0.3) is 0 Å². The van der Waals surface area contributed by atoms with Gasteiger partial charge in [0.05, 0.1) is 4.08 Å². The van der Waals surface area contributed by atoms with Crippen molar-refractivity contribution in [3.8, 4) is 0 Å². The number of carbonyl (C=O) groups is 5. The zero-order valence-electron chi connectivity index (χ0n) is 22.0. The van der Waals surface area contributed by atoms with Crippen LogP contribution in [0.2, 0.25) is 0 Å². The lowest BCUT2D eigenvalue weighted by molar-refractivity contribution is -0.270. The van der Waals surface area contributed by atoms with E-state index in [1.165, 1.54) is 44.3 Å². The Morgan fingerprint density at radius 3 is 2.17 bits per heavy atom. The maximum atomic E-state index is 13.8. The SMILES string of the molecule is CC(C)(C)[C@H](NC(=O)C(F)(F)C(F)(F)F)C(=O)N1CC2(C[C@H]1C(=O)N[C@@H](C[C@@H]1CCNC1=O)C(N)=O)SCCS2. The van der Waals surface area contributed by atoms with E-state index in [0.717, 1.165) is 4.90 Å². The van der Waals surface area contributed by atoms with Crippen LogP contribution in [0.5, 0.6) is 0 Å². The van der Waals surface area contributed by atoms with E-state index in [1.807, 2.05) is 0 Å². The van der Waals surface area contributed by atoms with E-state index in [2.05, 4.69) is 10.6 Å². The molecule has 0 radical (unpaired) electrons. The topological polar surface area (TPSA) is 151 Å². The Morgan fingerprint density at radius 2 is 1.70 bits per heavy atom. The highest BCUT2D eigenvalue weighted by Gasteiger charge is 2.64. The molecule has 5 amide bonds. The first kappa shape index (κ1) is 32.2. The second kappa shape index (κ2) is 11.5. The average Bonchev–Trinajstić information content (AvgIpc) is 3.56. The van der Waals surface area contributed by atoms with Crippen LogP contribution in [0.4, 0.5) is 22.0 Å². The summed E-state index contributed by atoms with van der Waals surface area (Å²) in [6.45, 7) is 4.47. The van der Waals surface area contributed by atoms with Gasteiger partial charge in [0.1, 0.15) is 18.1 Å². The number of halogens is 5. The highest BCUT2D eigenvalue weighted by Crippen LogP contribution is 2.52. The Labute approximate surface area is 235 Å². The third-order valence-corrected chi connectivity index (χ3v) is 10.5. The minimum absolute atomic E-state index is 0.0519. The summed E-state index contributed by atoms with van der Waals surface area (Å²) >= 11 is 2.95. The van der Waals surface area contributed by atoms with E-state index in [9.17, 15) is 45.9 Å². The molecule has 0 unspecified atom stereocenters. The van der Waals surface area contributed by atoms with Gasteiger partial charge in [-0.15, -0.1) is 23.5 Å². The van der Waals surface area contributed by atoms with Crippen molar-refractivity contribution in [2.24, 2.45) is 17.1 Å². The molecule has 0 bridgehead atoms. The van der Waals surface area contributed by atoms with E-state index in [-0.39, 0.29) is 25.3 Å². The minimum Gasteiger partial charge on any atom is -0.368 e. The van der Waals surface area contributed by atoms with Crippen LogP contribution < -0.4 is 21.7 Å². The summed E-state index contributed by atoms with van der Waals surface area (Å²) in [7, 11) is 0. The number of primary amides is 1. The van der Waals surface area contributed by atoms with E-state index in [0.29, 0.717) is 24.5 Å². The Hall–Kier alpha value is -2.30. The average molecular weight is 618 g/mol. The van der Waals surface area contributed by atoms with Crippen molar-refractivity contribution < 1.29 is 45.9 Å². The first-order valence-electron chi connectivity index (χ1n) is 12.5. The third-order valence-electron chi connectivity index (χ3n) is 7.06. The standard InChI is InChI=1S/C23H32F5N5O5S2/c1-20(2,3)14(32-19(38)22(24,25)23(26,27)28)18(37)33-10-21(39-6-7-40-21)9-13(33)17(36)31-12(15(29)34)8-11-4-5-30-16(11)35/h11-14H,4-10H2,1-3H3,(H2,29,34)(H,30,35)(H,31,36)(H,32,38)/t11-,12-,13-,14+/m0/s1. The molecule has 1 spiro atoms. The van der Waals surface area contributed by atoms with Crippen LogP contribution in [-0.4, -0.2) is 93.3 Å². The number of carbonyl (C=O) groups excluding carboxylic acids is 5. The molecule has 5 N–H and O–H groups in total. The van der Waals surface area contributed by atoms with E-state index < -0.39 is 69.3 Å². The van der Waals surface area contributed by atoms with Crippen LogP contribution in [0.15, 0.2) is 0 Å². The first-order valence-corrected chi connectivity index (χ1v) is 14.5. The smallest absolute Gasteiger partial charge is 0.368 e. The van der Waals surface area contributed by atoms with Crippen molar-refractivity contribution >= 4 is 53.1 Å². The number of nitrogens with two attached hydrogens (primary N) is 1. The first-order chi connectivity index (χ1) is 18.3. The molecule has 0 aromatic heterocycles. The van der Waals surface area contributed by atoms with Crippen molar-refractivity contribution in [3.63, 3.8) is 0 Å². The monoisotopic (exact) mass is 617 g/mol. The van der Waals surface area contributed by atoms with Gasteiger partial charge in [0.15, 0.2) is 0 Å². The number of hydrogen-bond acceptors (Lipinski definition) is 7. The predicted octanol–water partition coefficient (Wildman–Crippen LogP) is 0.988. The number of likely N-dealkylation sites (tertiary alicyclic amines) is 1. The summed E-state index contributed by atoms with van der Waals surface area (Å²) in [4.78, 5) is 64.4. The molecule has 0 aromatic rings. The van der Waals surface area contributed by atoms with Gasteiger partial charge in [-0.1, -0.05) is 20.8 Å². The van der Waals surface area contributed by atoms with Crippen molar-refractivity contribution in [1.29, 1.82) is 0 Å². The van der Waals surface area contributed by atoms with Crippen LogP contribution in [0.3, 0.4) is 0 Å². The van der Waals surface area contributed by atoms with Gasteiger partial charge in [-0.3, -0.25) is 24.0 Å². The largest absolute Gasteiger partial charge is 0.463 e. The zero-order chi connectivity index (χ0) is 30.3. The highest BCUT2D eigenvalue weighted by atomic mass is 32.2. The quantitative estimate of drug-likeness (QED) is 0.297. The van der Waals surface area contributed by atoms with Gasteiger partial charge >= 0.3 is 18.0 Å². The number of nitrogens with one attached hydrogen (secondary N) is 3. The molecule has 0 saturated carbocycles. The maximum Gasteiger partial charge on any atom is 0.463 e. The lowest BCUT2D eigenvalue weighted by Crippen LogP contribution is -2.62. The molecule has 3 saturated heterocycles. The molecular weight excluding hydrogens is 585 g/mol. The van der Waals surface area contributed by atoms with Crippen LogP contribution >= 0.6 is 23.5 Å². The minimum atomic E-state index is -6.18. The summed E-state index contributed by atoms with van der Waals surface area (Å²) in [5.74, 6) is -10.6. The Kier molecular flexibility index (Phi) is 9.28. The van der Waals surface area contributed by atoms with E-state index >= 15 is 0 Å². The zero-order valence-corrected chi connectivity index (χ0v) is 23.7. The van der Waals surface area contributed by atoms with E-state index in [1.54, 1.807) is 5.32 Å². The van der Waals surface area contributed by atoms with Crippen molar-refractivity contribution in [2.75, 3.05) is 24.6 Å². The Morgan fingerprint density at radius 1 is 1.10 bits per heavy atom. The van der Waals surface area contributed by atoms with Gasteiger partial charge in [-0.05, 0) is 18.3 Å². The second-order valence-corrected chi connectivity index (χ2v) is 14.3. The summed E-state index contributed by atoms with van der Waals surface area (Å²) in [5, 5.41) is 6.68. The molecule has 3 heterocycles. The molecule has 10 nitrogen and oxygen atoms in total. The number of nitrogens with zero attached hydrogens (tertiary/aromatic N) is 1. The van der Waals surface area contributed by atoms with Gasteiger partial charge in [0.2, 0.25) is 23.6 Å². The van der Waals surface area contributed by atoms with Crippen molar-refractivity contribution in [3.05, 3.63) is 0 Å². The lowest BCUT2D eigenvalue weighted by atomic mass is 9.85. The molecular formula is C23H32F5N5O5S2. The number of amides is 5. The molecule has 0 aliphatic carbocycles. The van der Waals surface area contributed by atoms with E-state index in [4.69, 9.17) is 5.73 Å². The normalized spacial score (nSPS) is 24.5. The van der Waals surface area contributed by atoms with Gasteiger partial charge in [0, 0.05) is 36.9 Å². The number of alkyl halides is 5. The number of hydrogen-bond donors (Lipinski definition) is 4. The van der Waals surface area contributed by atoms with Crippen molar-refractivity contribution in [1.82, 2.24) is 20.9 Å². The fourth-order valence-electron chi connectivity index (χ4n) is 4.84. The van der Waals surface area contributed by atoms with Gasteiger partial charge in [-0.25, -0.2) is 0 Å². The second-order valence-electron chi connectivity index (χ2n) is 11.1. The molecule has 3 aliphatic heterocycles. The number of thioether (sulfide) groups is 2. The molecule has 40 heavy (non-hydrogen) atoms. The summed E-state index contributed by atoms with van der Waals surface area (Å²) in [5.41, 5.74) is 4.14. The Bertz CT molecular complexity index is 1050. The summed E-state index contributed by atoms with van der Waals surface area (Å²) in [6, 6.07) is -4.33. The third kappa shape index (κ3) is 6.77. The van der Waals surface area contributed by atoms with Crippen LogP contribution in [-0.2, 0) is 24.0 Å². The van der Waals surface area contributed by atoms with Crippen LogP contribution in [0.1, 0.15) is 40.0 Å². The van der Waals surface area contributed by atoms with Gasteiger partial charge in [0.25, 0.3) is 0 Å². The Balaban J connectivity index is 1.87. The molecule has 0 aromatic carbocycles. The van der Waals surface area contributed by atoms with Gasteiger partial charge in [-0.2, -0.15) is 22.0 Å². The van der Waals surface area contributed by atoms with Crippen molar-refractivity contribution in [2.45, 2.75) is 74.3 Å². The number of rotatable bonds is 8. The van der Waals surface area contributed by atoms with Crippen LogP contribution in [0, 0.1) is 11.3 Å². The fourth-order valence-corrected chi connectivity index (χ4v) is 8.10. The molecule has 226 valence electrons. The molecule has 17 heteroatoms. The lowest BCUT2D eigenvalue weighted by Gasteiger charge is -2.36. The summed E-state index contributed by atoms with van der Waals surface area (Å²) < 4.78 is 65.4.